The van der Waals surface area contributed by atoms with E-state index in [0.29, 0.717) is 10.6 Å². The van der Waals surface area contributed by atoms with Crippen LogP contribution in [-0.4, -0.2) is 33.9 Å². The van der Waals surface area contributed by atoms with Crippen molar-refractivity contribution < 1.29 is 23.9 Å². The summed E-state index contributed by atoms with van der Waals surface area (Å²) in [7, 11) is 0. The van der Waals surface area contributed by atoms with Crippen molar-refractivity contribution in [1.29, 1.82) is 0 Å². The minimum atomic E-state index is -2.06. The van der Waals surface area contributed by atoms with E-state index in [2.05, 4.69) is 0 Å². The Morgan fingerprint density at radius 3 is 2.03 bits per heavy atom. The van der Waals surface area contributed by atoms with Crippen molar-refractivity contribution in [3.8, 4) is 0 Å². The quantitative estimate of drug-likeness (QED) is 0.407. The molecule has 35 heavy (non-hydrogen) atoms. The molecule has 2 fully saturated rings. The van der Waals surface area contributed by atoms with E-state index in [4.69, 9.17) is 16.3 Å². The van der Waals surface area contributed by atoms with E-state index >= 15 is 0 Å². The van der Waals surface area contributed by atoms with Gasteiger partial charge in [-0.3, -0.25) is 24.1 Å². The van der Waals surface area contributed by atoms with Gasteiger partial charge in [-0.25, -0.2) is 0 Å². The predicted octanol–water partition coefficient (Wildman–Crippen LogP) is 4.34. The van der Waals surface area contributed by atoms with E-state index < -0.39 is 46.9 Å². The number of aryl methyl sites for hydroxylation is 1. The zero-order valence-corrected chi connectivity index (χ0v) is 19.5. The van der Waals surface area contributed by atoms with Crippen molar-refractivity contribution in [2.24, 2.45) is 11.8 Å². The molecule has 2 amide bonds. The minimum absolute atomic E-state index is 0.0592. The van der Waals surface area contributed by atoms with E-state index in [1.54, 1.807) is 48.5 Å². The van der Waals surface area contributed by atoms with Crippen molar-refractivity contribution in [1.82, 2.24) is 4.90 Å². The van der Waals surface area contributed by atoms with Crippen LogP contribution in [0.25, 0.3) is 0 Å². The Balaban J connectivity index is 1.48. The average Bonchev–Trinajstić information content (AvgIpc) is 3.42. The molecule has 2 heterocycles. The Labute approximate surface area is 206 Å². The fraction of sp³-hybridized carbons (Fsp3) is 0.214. The predicted molar refractivity (Wildman–Crippen MR) is 127 cm³/mol. The summed E-state index contributed by atoms with van der Waals surface area (Å²) in [6.07, 6.45) is -0.945. The van der Waals surface area contributed by atoms with Crippen LogP contribution in [0.15, 0.2) is 72.8 Å². The number of ketones is 2. The van der Waals surface area contributed by atoms with Crippen LogP contribution >= 0.6 is 11.6 Å². The number of rotatable bonds is 3. The number of amides is 2. The van der Waals surface area contributed by atoms with Crippen LogP contribution in [0.4, 0.5) is 0 Å². The highest BCUT2D eigenvalue weighted by atomic mass is 35.5. The molecule has 6 rings (SSSR count). The summed E-state index contributed by atoms with van der Waals surface area (Å²) in [5, 5.41) is 0.494. The summed E-state index contributed by atoms with van der Waals surface area (Å²) in [6, 6.07) is 20.7. The van der Waals surface area contributed by atoms with Crippen LogP contribution in [0.5, 0.6) is 0 Å². The maximum Gasteiger partial charge on any atom is 0.237 e. The molecule has 0 N–H and O–H groups in total. The number of fused-ring (bicyclic) bond motifs is 3. The number of benzene rings is 3. The van der Waals surface area contributed by atoms with Gasteiger partial charge in [0.2, 0.25) is 29.0 Å². The van der Waals surface area contributed by atoms with Crippen molar-refractivity contribution in [2.45, 2.75) is 25.2 Å². The second-order valence-electron chi connectivity index (χ2n) is 9.28. The molecule has 1 aliphatic carbocycles. The third kappa shape index (κ3) is 3.00. The number of ether oxygens (including phenoxy) is 1. The standard InChI is InChI=1S/C28H20ClNO5/c1-15-6-8-16(9-7-15)14-30-26(33)21-22(27(30)34)28(35-23(21)17-10-12-18(29)13-11-17)24(31)19-4-2-3-5-20(19)25(28)32/h2-13,21-23H,14H2,1H3/t21-,22+,23-/m0/s1. The van der Waals surface area contributed by atoms with Crippen LogP contribution in [-0.2, 0) is 20.9 Å². The van der Waals surface area contributed by atoms with Gasteiger partial charge in [-0.1, -0.05) is 77.8 Å². The number of imide groups is 1. The Bertz CT molecular complexity index is 1380. The average molecular weight is 486 g/mol. The smallest absolute Gasteiger partial charge is 0.237 e. The van der Waals surface area contributed by atoms with Crippen molar-refractivity contribution in [3.05, 3.63) is 106 Å². The van der Waals surface area contributed by atoms with Gasteiger partial charge in [-0.05, 0) is 30.2 Å². The van der Waals surface area contributed by atoms with Gasteiger partial charge in [-0.15, -0.1) is 0 Å². The summed E-state index contributed by atoms with van der Waals surface area (Å²) >= 11 is 6.06. The lowest BCUT2D eigenvalue weighted by Gasteiger charge is -2.27. The Hall–Kier alpha value is -3.61. The van der Waals surface area contributed by atoms with Gasteiger partial charge in [0.1, 0.15) is 0 Å². The molecule has 2 aliphatic heterocycles. The number of carbonyl (C=O) groups is 4. The molecule has 1 spiro atoms. The van der Waals surface area contributed by atoms with Gasteiger partial charge >= 0.3 is 0 Å². The van der Waals surface area contributed by atoms with Crippen LogP contribution < -0.4 is 0 Å². The minimum Gasteiger partial charge on any atom is -0.349 e. The second-order valence-corrected chi connectivity index (χ2v) is 9.72. The van der Waals surface area contributed by atoms with Crippen LogP contribution in [0.2, 0.25) is 5.02 Å². The zero-order valence-electron chi connectivity index (χ0n) is 18.7. The van der Waals surface area contributed by atoms with E-state index in [9.17, 15) is 19.2 Å². The molecule has 3 aromatic rings. The molecule has 7 heteroatoms. The molecular weight excluding hydrogens is 466 g/mol. The number of hydrogen-bond donors (Lipinski definition) is 0. The van der Waals surface area contributed by atoms with E-state index in [-0.39, 0.29) is 17.7 Å². The number of halogens is 1. The summed E-state index contributed by atoms with van der Waals surface area (Å²) < 4.78 is 6.25. The van der Waals surface area contributed by atoms with Gasteiger partial charge in [0, 0.05) is 16.1 Å². The van der Waals surface area contributed by atoms with E-state index in [1.807, 2.05) is 31.2 Å². The molecule has 6 nitrogen and oxygen atoms in total. The number of likely N-dealkylation sites (tertiary alicyclic amines) is 1. The Morgan fingerprint density at radius 2 is 1.43 bits per heavy atom. The molecule has 174 valence electrons. The van der Waals surface area contributed by atoms with Crippen LogP contribution in [0.1, 0.15) is 43.5 Å². The summed E-state index contributed by atoms with van der Waals surface area (Å²) in [4.78, 5) is 56.1. The van der Waals surface area contributed by atoms with Gasteiger partial charge in [-0.2, -0.15) is 0 Å². The normalized spacial score (nSPS) is 24.4. The summed E-state index contributed by atoms with van der Waals surface area (Å²) in [6.45, 7) is 2.01. The number of carbonyl (C=O) groups excluding carboxylic acids is 4. The highest BCUT2D eigenvalue weighted by molar-refractivity contribution is 6.35. The van der Waals surface area contributed by atoms with E-state index in [1.165, 1.54) is 0 Å². The van der Waals surface area contributed by atoms with E-state index in [0.717, 1.165) is 16.0 Å². The molecule has 0 bridgehead atoms. The van der Waals surface area contributed by atoms with Crippen molar-refractivity contribution in [3.63, 3.8) is 0 Å². The lowest BCUT2D eigenvalue weighted by Crippen LogP contribution is -2.50. The van der Waals surface area contributed by atoms with Crippen molar-refractivity contribution >= 4 is 35.0 Å². The first-order valence-electron chi connectivity index (χ1n) is 11.4. The first kappa shape index (κ1) is 21.9. The first-order chi connectivity index (χ1) is 16.8. The molecule has 3 atom stereocenters. The van der Waals surface area contributed by atoms with Gasteiger partial charge < -0.3 is 4.74 Å². The lowest BCUT2D eigenvalue weighted by atomic mass is 9.77. The molecule has 0 saturated carbocycles. The molecule has 3 aromatic carbocycles. The number of hydrogen-bond acceptors (Lipinski definition) is 5. The lowest BCUT2D eigenvalue weighted by molar-refractivity contribution is -0.145. The fourth-order valence-electron chi connectivity index (χ4n) is 5.56. The zero-order chi connectivity index (χ0) is 24.5. The fourth-order valence-corrected chi connectivity index (χ4v) is 5.69. The molecular formula is C28H20ClNO5. The molecule has 0 radical (unpaired) electrons. The second kappa shape index (κ2) is 7.70. The first-order valence-corrected chi connectivity index (χ1v) is 11.7. The third-order valence-electron chi connectivity index (χ3n) is 7.27. The molecule has 3 aliphatic rings. The van der Waals surface area contributed by atoms with Crippen molar-refractivity contribution in [2.75, 3.05) is 0 Å². The maximum absolute atomic E-state index is 13.8. The number of Topliss-reactive ketones (excluding diaryl/α,β-unsaturated/α-hetero) is 2. The number of nitrogens with zero attached hydrogens (tertiary/aromatic N) is 1. The van der Waals surface area contributed by atoms with Gasteiger partial charge in [0.05, 0.1) is 24.5 Å². The largest absolute Gasteiger partial charge is 0.349 e. The monoisotopic (exact) mass is 485 g/mol. The molecule has 0 aromatic heterocycles. The maximum atomic E-state index is 13.8. The molecule has 0 unspecified atom stereocenters. The third-order valence-corrected chi connectivity index (χ3v) is 7.52. The van der Waals surface area contributed by atoms with Crippen LogP contribution in [0.3, 0.4) is 0 Å². The highest BCUT2D eigenvalue weighted by Crippen LogP contribution is 2.57. The molecule has 2 saturated heterocycles. The topological polar surface area (TPSA) is 80.8 Å². The van der Waals surface area contributed by atoms with Crippen LogP contribution in [0, 0.1) is 18.8 Å². The van der Waals surface area contributed by atoms with Gasteiger partial charge in [0.25, 0.3) is 0 Å². The summed E-state index contributed by atoms with van der Waals surface area (Å²) in [5.41, 5.74) is 0.780. The Morgan fingerprint density at radius 1 is 0.829 bits per heavy atom. The SMILES string of the molecule is Cc1ccc(CN2C(=O)[C@@H]3[C@H](c4ccc(Cl)cc4)OC4(C(=O)c5ccccc5C4=O)[C@H]3C2=O)cc1. The Kier molecular flexibility index (Phi) is 4.82. The summed E-state index contributed by atoms with van der Waals surface area (Å²) in [5.74, 6) is -4.39. The highest BCUT2D eigenvalue weighted by Gasteiger charge is 2.74. The van der Waals surface area contributed by atoms with Gasteiger partial charge in [0.15, 0.2) is 0 Å².